The van der Waals surface area contributed by atoms with Crippen molar-refractivity contribution >= 4 is 29.3 Å². The van der Waals surface area contributed by atoms with Crippen molar-refractivity contribution in [3.05, 3.63) is 71.5 Å². The molecule has 39 heavy (non-hydrogen) atoms. The predicted octanol–water partition coefficient (Wildman–Crippen LogP) is 0.664. The van der Waals surface area contributed by atoms with E-state index in [9.17, 15) is 19.2 Å². The highest BCUT2D eigenvalue weighted by Gasteiger charge is 2.39. The van der Waals surface area contributed by atoms with Gasteiger partial charge in [-0.05, 0) is 22.6 Å². The fraction of sp³-hybridized carbons (Fsp3) is 0.370. The van der Waals surface area contributed by atoms with Crippen molar-refractivity contribution in [3.8, 4) is 0 Å². The van der Waals surface area contributed by atoms with Gasteiger partial charge in [0.1, 0.15) is 12.1 Å². The Morgan fingerprint density at radius 1 is 1.03 bits per heavy atom. The summed E-state index contributed by atoms with van der Waals surface area (Å²) in [6.45, 7) is 5.22. The third-order valence-corrected chi connectivity index (χ3v) is 6.41. The number of aromatic amines is 1. The zero-order chi connectivity index (χ0) is 28.0. The predicted molar refractivity (Wildman–Crippen MR) is 142 cm³/mol. The number of carbonyl (C=O) groups excluding carboxylic acids is 4. The first-order valence-corrected chi connectivity index (χ1v) is 12.6. The average Bonchev–Trinajstić information content (AvgIpc) is 3.57. The minimum absolute atomic E-state index is 0.0525. The first-order valence-electron chi connectivity index (χ1n) is 12.6. The first kappa shape index (κ1) is 27.4. The fourth-order valence-electron chi connectivity index (χ4n) is 4.46. The quantitative estimate of drug-likeness (QED) is 0.315. The van der Waals surface area contributed by atoms with Crippen molar-refractivity contribution in [1.29, 1.82) is 0 Å². The van der Waals surface area contributed by atoms with Gasteiger partial charge >= 0.3 is 0 Å². The highest BCUT2D eigenvalue weighted by molar-refractivity contribution is 6.05. The summed E-state index contributed by atoms with van der Waals surface area (Å²) >= 11 is 0. The van der Waals surface area contributed by atoms with E-state index >= 15 is 0 Å². The molecule has 0 saturated carbocycles. The number of benzene rings is 2. The van der Waals surface area contributed by atoms with E-state index < -0.39 is 29.3 Å². The molecular formula is C27H32N8O4. The van der Waals surface area contributed by atoms with Gasteiger partial charge in [-0.2, -0.15) is 5.21 Å². The SMILES string of the molecule is CC(C)(C)[C@H](NC(=O)Cc1ccccc1)C(=O)NCC(=O)N1c2ccccc2C[C@H]1C(=O)NCc1nn[nH]n1. The maximum atomic E-state index is 13.4. The molecule has 12 heteroatoms. The van der Waals surface area contributed by atoms with Crippen molar-refractivity contribution < 1.29 is 19.2 Å². The van der Waals surface area contributed by atoms with Crippen LogP contribution in [0.1, 0.15) is 37.7 Å². The summed E-state index contributed by atoms with van der Waals surface area (Å²) in [5.74, 6) is -1.29. The Morgan fingerprint density at radius 2 is 1.74 bits per heavy atom. The fourth-order valence-corrected chi connectivity index (χ4v) is 4.46. The number of carbonyl (C=O) groups is 4. The standard InChI is InChI=1S/C27H32N8O4/c1-27(2,3)24(30-22(36)13-17-9-5-4-6-10-17)26(39)29-16-23(37)35-19-12-8-7-11-18(19)14-20(35)25(38)28-15-21-31-33-34-32-21/h4-12,20,24H,13-16H2,1-3H3,(H,28,38)(H,29,39)(H,30,36)(H,31,32,33,34)/t20-,24+/m0/s1. The molecule has 1 aliphatic rings. The van der Waals surface area contributed by atoms with Crippen LogP contribution in [-0.2, 0) is 38.6 Å². The Kier molecular flexibility index (Phi) is 8.33. The Hall–Kier alpha value is -4.61. The smallest absolute Gasteiger partial charge is 0.247 e. The number of nitrogens with one attached hydrogen (secondary N) is 4. The van der Waals surface area contributed by atoms with E-state index in [2.05, 4.69) is 36.6 Å². The van der Waals surface area contributed by atoms with E-state index in [0.29, 0.717) is 17.9 Å². The second-order valence-electron chi connectivity index (χ2n) is 10.4. The summed E-state index contributed by atoms with van der Waals surface area (Å²) in [5.41, 5.74) is 1.67. The van der Waals surface area contributed by atoms with Crippen LogP contribution in [0.2, 0.25) is 0 Å². The van der Waals surface area contributed by atoms with Gasteiger partial charge in [0.25, 0.3) is 0 Å². The van der Waals surface area contributed by atoms with Crippen LogP contribution in [0.15, 0.2) is 54.6 Å². The molecule has 0 unspecified atom stereocenters. The van der Waals surface area contributed by atoms with Gasteiger partial charge in [-0.25, -0.2) is 0 Å². The van der Waals surface area contributed by atoms with Crippen LogP contribution in [0.5, 0.6) is 0 Å². The van der Waals surface area contributed by atoms with Gasteiger partial charge in [0.2, 0.25) is 23.6 Å². The molecule has 4 amide bonds. The van der Waals surface area contributed by atoms with E-state index in [1.165, 1.54) is 4.90 Å². The number of nitrogens with zero attached hydrogens (tertiary/aromatic N) is 4. The van der Waals surface area contributed by atoms with Crippen LogP contribution < -0.4 is 20.9 Å². The number of fused-ring (bicyclic) bond motifs is 1. The second-order valence-corrected chi connectivity index (χ2v) is 10.4. The van der Waals surface area contributed by atoms with Crippen molar-refractivity contribution in [2.75, 3.05) is 11.4 Å². The van der Waals surface area contributed by atoms with Gasteiger partial charge in [0.15, 0.2) is 5.82 Å². The summed E-state index contributed by atoms with van der Waals surface area (Å²) in [5, 5.41) is 21.6. The highest BCUT2D eigenvalue weighted by Crippen LogP contribution is 2.32. The van der Waals surface area contributed by atoms with Crippen LogP contribution in [0, 0.1) is 5.41 Å². The molecule has 12 nitrogen and oxygen atoms in total. The molecule has 3 aromatic rings. The third-order valence-electron chi connectivity index (χ3n) is 6.41. The largest absolute Gasteiger partial charge is 0.347 e. The Morgan fingerprint density at radius 3 is 2.44 bits per heavy atom. The molecule has 2 atom stereocenters. The molecule has 1 aliphatic heterocycles. The van der Waals surface area contributed by atoms with Gasteiger partial charge in [-0.3, -0.25) is 24.1 Å². The summed E-state index contributed by atoms with van der Waals surface area (Å²) in [6, 6.07) is 14.8. The molecule has 0 aliphatic carbocycles. The molecular weight excluding hydrogens is 500 g/mol. The van der Waals surface area contributed by atoms with Crippen molar-refractivity contribution in [2.45, 2.75) is 52.2 Å². The summed E-state index contributed by atoms with van der Waals surface area (Å²) in [7, 11) is 0. The van der Waals surface area contributed by atoms with Crippen LogP contribution in [0.3, 0.4) is 0 Å². The molecule has 0 fully saturated rings. The molecule has 0 bridgehead atoms. The lowest BCUT2D eigenvalue weighted by Crippen LogP contribution is -2.56. The van der Waals surface area contributed by atoms with E-state index in [0.717, 1.165) is 11.1 Å². The Bertz CT molecular complexity index is 1320. The lowest BCUT2D eigenvalue weighted by molar-refractivity contribution is -0.132. The zero-order valence-corrected chi connectivity index (χ0v) is 22.1. The summed E-state index contributed by atoms with van der Waals surface area (Å²) in [6.07, 6.45) is 0.457. The first-order chi connectivity index (χ1) is 18.6. The van der Waals surface area contributed by atoms with E-state index in [1.54, 1.807) is 12.1 Å². The molecule has 4 N–H and O–H groups in total. The van der Waals surface area contributed by atoms with Crippen LogP contribution >= 0.6 is 0 Å². The van der Waals surface area contributed by atoms with Gasteiger partial charge in [-0.1, -0.05) is 74.5 Å². The highest BCUT2D eigenvalue weighted by atomic mass is 16.2. The summed E-state index contributed by atoms with van der Waals surface area (Å²) in [4.78, 5) is 53.7. The van der Waals surface area contributed by atoms with Crippen molar-refractivity contribution in [3.63, 3.8) is 0 Å². The second kappa shape index (κ2) is 11.8. The van der Waals surface area contributed by atoms with Crippen LogP contribution in [-0.4, -0.2) is 62.9 Å². The average molecular weight is 533 g/mol. The number of aromatic nitrogens is 4. The minimum atomic E-state index is -0.874. The van der Waals surface area contributed by atoms with Crippen LogP contribution in [0.4, 0.5) is 5.69 Å². The number of rotatable bonds is 9. The Balaban J connectivity index is 1.41. The lowest BCUT2D eigenvalue weighted by atomic mass is 9.86. The normalized spacial score (nSPS) is 15.3. The molecule has 0 radical (unpaired) electrons. The molecule has 0 spiro atoms. The van der Waals surface area contributed by atoms with Crippen molar-refractivity contribution in [1.82, 2.24) is 36.6 Å². The van der Waals surface area contributed by atoms with E-state index in [-0.39, 0.29) is 31.3 Å². The molecule has 0 saturated heterocycles. The van der Waals surface area contributed by atoms with E-state index in [4.69, 9.17) is 0 Å². The minimum Gasteiger partial charge on any atom is -0.347 e. The molecule has 2 heterocycles. The lowest BCUT2D eigenvalue weighted by Gasteiger charge is -2.31. The number of para-hydroxylation sites is 1. The number of anilines is 1. The maximum absolute atomic E-state index is 13.4. The topological polar surface area (TPSA) is 162 Å². The maximum Gasteiger partial charge on any atom is 0.247 e. The number of hydrogen-bond donors (Lipinski definition) is 4. The van der Waals surface area contributed by atoms with Gasteiger partial charge in [0, 0.05) is 12.1 Å². The number of tetrazole rings is 1. The third kappa shape index (κ3) is 6.83. The number of amides is 4. The molecule has 4 rings (SSSR count). The van der Waals surface area contributed by atoms with Gasteiger partial charge < -0.3 is 16.0 Å². The number of hydrogen-bond acceptors (Lipinski definition) is 7. The molecule has 1 aromatic heterocycles. The Labute approximate surface area is 225 Å². The van der Waals surface area contributed by atoms with Crippen molar-refractivity contribution in [2.24, 2.45) is 5.41 Å². The zero-order valence-electron chi connectivity index (χ0n) is 22.1. The molecule has 2 aromatic carbocycles. The van der Waals surface area contributed by atoms with E-state index in [1.807, 2.05) is 63.2 Å². The van der Waals surface area contributed by atoms with Gasteiger partial charge in [-0.15, -0.1) is 10.2 Å². The van der Waals surface area contributed by atoms with Gasteiger partial charge in [0.05, 0.1) is 19.5 Å². The number of H-pyrrole nitrogens is 1. The summed E-state index contributed by atoms with van der Waals surface area (Å²) < 4.78 is 0. The molecule has 204 valence electrons. The monoisotopic (exact) mass is 532 g/mol. The van der Waals surface area contributed by atoms with Crippen LogP contribution in [0.25, 0.3) is 0 Å².